The molecule has 3 rings (SSSR count). The van der Waals surface area contributed by atoms with Gasteiger partial charge in [-0.05, 0) is 33.6 Å². The van der Waals surface area contributed by atoms with Gasteiger partial charge in [-0.15, -0.1) is 0 Å². The summed E-state index contributed by atoms with van der Waals surface area (Å²) in [5.41, 5.74) is -4.96. The van der Waals surface area contributed by atoms with E-state index in [0.29, 0.717) is 12.8 Å². The van der Waals surface area contributed by atoms with Crippen molar-refractivity contribution in [2.45, 2.75) is 69.2 Å². The fraction of sp³-hybridized carbons (Fsp3) is 0.765. The number of nitrogens with one attached hydrogen (secondary N) is 2. The lowest BCUT2D eigenvalue weighted by Gasteiger charge is -2.42. The van der Waals surface area contributed by atoms with Gasteiger partial charge in [0.2, 0.25) is 5.60 Å². The molecule has 1 fully saturated rings. The lowest BCUT2D eigenvalue weighted by atomic mass is 9.79. The Labute approximate surface area is 164 Å². The van der Waals surface area contributed by atoms with Gasteiger partial charge in [0, 0.05) is 24.7 Å². The Hall–Kier alpha value is -2.05. The number of anilines is 1. The number of hydrogen-bond donors (Lipinski definition) is 5. The van der Waals surface area contributed by atoms with Gasteiger partial charge in [-0.2, -0.15) is 18.3 Å². The summed E-state index contributed by atoms with van der Waals surface area (Å²) in [5, 5.41) is 38.6. The monoisotopic (exact) mass is 422 g/mol. The maximum atomic E-state index is 13.7. The van der Waals surface area contributed by atoms with E-state index in [0.717, 1.165) is 0 Å². The van der Waals surface area contributed by atoms with Crippen molar-refractivity contribution in [1.82, 2.24) is 15.1 Å². The molecule has 3 unspecified atom stereocenters. The molecule has 12 heteroatoms. The summed E-state index contributed by atoms with van der Waals surface area (Å²) < 4.78 is 46.5. The van der Waals surface area contributed by atoms with Gasteiger partial charge in [0.05, 0.1) is 5.56 Å². The summed E-state index contributed by atoms with van der Waals surface area (Å²) in [4.78, 5) is 13.6. The minimum absolute atomic E-state index is 0.0158. The second-order valence-electron chi connectivity index (χ2n) is 8.40. The highest BCUT2D eigenvalue weighted by Gasteiger charge is 2.66. The molecule has 1 amide bonds. The molecule has 2 aliphatic rings. The molecule has 0 bridgehead atoms. The molecule has 0 aromatic carbocycles. The van der Waals surface area contributed by atoms with Crippen LogP contribution < -0.4 is 5.32 Å². The topological polar surface area (TPSA) is 131 Å². The minimum atomic E-state index is -5.25. The van der Waals surface area contributed by atoms with Crippen LogP contribution in [0, 0.1) is 0 Å². The number of nitrogens with zero attached hydrogens (tertiary/aromatic N) is 2. The number of halogens is 3. The van der Waals surface area contributed by atoms with E-state index in [-0.39, 0.29) is 24.6 Å². The molecule has 0 spiro atoms. The third kappa shape index (κ3) is 3.76. The Balaban J connectivity index is 1.84. The minimum Gasteiger partial charge on any atom is -0.444 e. The molecular weight excluding hydrogens is 397 g/mol. The summed E-state index contributed by atoms with van der Waals surface area (Å²) in [6.45, 7) is 5.70. The lowest BCUT2D eigenvalue weighted by Crippen LogP contribution is -2.61. The number of carbonyl (C=O) groups is 1. The molecule has 5 N–H and O–H groups in total. The molecule has 3 heterocycles. The number of alkyl halides is 3. The summed E-state index contributed by atoms with van der Waals surface area (Å²) in [6.07, 6.45) is -9.72. The fourth-order valence-electron chi connectivity index (χ4n) is 3.72. The average Bonchev–Trinajstić information content (AvgIpc) is 3.01. The van der Waals surface area contributed by atoms with Crippen molar-refractivity contribution in [3.63, 3.8) is 0 Å². The van der Waals surface area contributed by atoms with Gasteiger partial charge in [-0.25, -0.2) is 4.79 Å². The molecule has 0 aliphatic carbocycles. The van der Waals surface area contributed by atoms with E-state index in [1.54, 1.807) is 20.8 Å². The van der Waals surface area contributed by atoms with Gasteiger partial charge in [-0.3, -0.25) is 5.10 Å². The first kappa shape index (κ1) is 21.7. The van der Waals surface area contributed by atoms with Crippen molar-refractivity contribution >= 4 is 11.9 Å². The Morgan fingerprint density at radius 2 is 1.83 bits per heavy atom. The number of likely N-dealkylation sites (tertiary alicyclic amines) is 1. The van der Waals surface area contributed by atoms with Crippen LogP contribution in [0.5, 0.6) is 0 Å². The third-order valence-electron chi connectivity index (χ3n) is 5.17. The molecule has 3 atom stereocenters. The molecule has 0 radical (unpaired) electrons. The number of piperidine rings is 1. The molecule has 29 heavy (non-hydrogen) atoms. The fourth-order valence-corrected chi connectivity index (χ4v) is 3.72. The normalized spacial score (nSPS) is 28.7. The molecular formula is C17H25F3N4O5. The van der Waals surface area contributed by atoms with E-state index < -0.39 is 47.3 Å². The number of aliphatic hydroxyl groups excluding tert-OH is 2. The van der Waals surface area contributed by atoms with Crippen LogP contribution in [0.4, 0.5) is 23.8 Å². The number of hydrogen-bond acceptors (Lipinski definition) is 7. The maximum Gasteiger partial charge on any atom is 0.424 e. The Morgan fingerprint density at radius 1 is 1.24 bits per heavy atom. The van der Waals surface area contributed by atoms with Gasteiger partial charge in [0.1, 0.15) is 11.7 Å². The van der Waals surface area contributed by atoms with E-state index in [4.69, 9.17) is 4.74 Å². The molecule has 1 saturated heterocycles. The van der Waals surface area contributed by atoms with Crippen LogP contribution in [-0.4, -0.2) is 73.7 Å². The average molecular weight is 422 g/mol. The predicted molar refractivity (Wildman–Crippen MR) is 94.0 cm³/mol. The summed E-state index contributed by atoms with van der Waals surface area (Å²) >= 11 is 0. The van der Waals surface area contributed by atoms with Crippen molar-refractivity contribution in [2.75, 3.05) is 18.4 Å². The summed E-state index contributed by atoms with van der Waals surface area (Å²) in [5.74, 6) is -0.838. The van der Waals surface area contributed by atoms with Crippen molar-refractivity contribution in [3.8, 4) is 0 Å². The Kier molecular flexibility index (Phi) is 5.25. The number of aliphatic hydroxyl groups is 3. The Bertz CT molecular complexity index is 770. The van der Waals surface area contributed by atoms with Crippen LogP contribution in [0.1, 0.15) is 50.8 Å². The zero-order chi connectivity index (χ0) is 21.8. The molecule has 164 valence electrons. The molecule has 2 aliphatic heterocycles. The van der Waals surface area contributed by atoms with Gasteiger partial charge in [-0.1, -0.05) is 0 Å². The highest BCUT2D eigenvalue weighted by atomic mass is 19.4. The first-order chi connectivity index (χ1) is 13.3. The number of rotatable bonds is 1. The zero-order valence-electron chi connectivity index (χ0n) is 16.2. The van der Waals surface area contributed by atoms with Crippen LogP contribution >= 0.6 is 0 Å². The van der Waals surface area contributed by atoms with E-state index in [2.05, 4.69) is 15.5 Å². The largest absolute Gasteiger partial charge is 0.444 e. The number of carbonyl (C=O) groups excluding carboxylic acids is 1. The molecule has 1 aromatic rings. The zero-order valence-corrected chi connectivity index (χ0v) is 16.2. The number of H-pyrrole nitrogens is 1. The SMILES string of the molecule is CC(C)(C)OC(=O)N1CCC(c2[nH]nc3c2C(O)(C(F)(F)F)C(O)C(O)N3)CC1. The van der Waals surface area contributed by atoms with Crippen LogP contribution in [0.15, 0.2) is 0 Å². The lowest BCUT2D eigenvalue weighted by molar-refractivity contribution is -0.309. The second kappa shape index (κ2) is 7.03. The summed E-state index contributed by atoms with van der Waals surface area (Å²) in [6, 6.07) is 0. The van der Waals surface area contributed by atoms with Crippen LogP contribution in [0.2, 0.25) is 0 Å². The van der Waals surface area contributed by atoms with Crippen molar-refractivity contribution in [1.29, 1.82) is 0 Å². The van der Waals surface area contributed by atoms with Crippen molar-refractivity contribution in [3.05, 3.63) is 11.3 Å². The van der Waals surface area contributed by atoms with Gasteiger partial charge < -0.3 is 30.3 Å². The molecule has 9 nitrogen and oxygen atoms in total. The second-order valence-corrected chi connectivity index (χ2v) is 8.40. The number of fused-ring (bicyclic) bond motifs is 1. The highest BCUT2D eigenvalue weighted by Crippen LogP contribution is 2.50. The van der Waals surface area contributed by atoms with Gasteiger partial charge >= 0.3 is 12.3 Å². The third-order valence-corrected chi connectivity index (χ3v) is 5.17. The first-order valence-electron chi connectivity index (χ1n) is 9.24. The maximum absolute atomic E-state index is 13.7. The highest BCUT2D eigenvalue weighted by molar-refractivity contribution is 5.68. The number of aromatic amines is 1. The predicted octanol–water partition coefficient (Wildman–Crippen LogP) is 1.38. The quantitative estimate of drug-likeness (QED) is 0.462. The van der Waals surface area contributed by atoms with Gasteiger partial charge in [0.15, 0.2) is 12.0 Å². The Morgan fingerprint density at radius 3 is 2.34 bits per heavy atom. The van der Waals surface area contributed by atoms with Crippen LogP contribution in [-0.2, 0) is 10.3 Å². The first-order valence-corrected chi connectivity index (χ1v) is 9.24. The van der Waals surface area contributed by atoms with E-state index in [9.17, 15) is 33.3 Å². The van der Waals surface area contributed by atoms with Gasteiger partial charge in [0.25, 0.3) is 0 Å². The van der Waals surface area contributed by atoms with Crippen molar-refractivity contribution in [2.24, 2.45) is 0 Å². The standard InChI is InChI=1S/C17H25F3N4O5/c1-15(2,3)29-14(27)24-6-4-8(5-7-24)10-9-12(23-22-10)21-13(26)11(25)16(9,28)17(18,19)20/h8,11,13,25-26,28H,4-7H2,1-3H3,(H2,21,22,23). The molecule has 1 aromatic heterocycles. The molecule has 0 saturated carbocycles. The smallest absolute Gasteiger partial charge is 0.424 e. The summed E-state index contributed by atoms with van der Waals surface area (Å²) in [7, 11) is 0. The number of aromatic nitrogens is 2. The van der Waals surface area contributed by atoms with E-state index in [1.807, 2.05) is 0 Å². The van der Waals surface area contributed by atoms with Crippen LogP contribution in [0.25, 0.3) is 0 Å². The number of amides is 1. The number of ether oxygens (including phenoxy) is 1. The van der Waals surface area contributed by atoms with Crippen molar-refractivity contribution < 1.29 is 38.0 Å². The van der Waals surface area contributed by atoms with E-state index >= 15 is 0 Å². The van der Waals surface area contributed by atoms with E-state index in [1.165, 1.54) is 4.90 Å². The van der Waals surface area contributed by atoms with Crippen LogP contribution in [0.3, 0.4) is 0 Å².